The number of furan rings is 1. The molecule has 5 heteroatoms. The zero-order valence-corrected chi connectivity index (χ0v) is 18.4. The van der Waals surface area contributed by atoms with Crippen molar-refractivity contribution in [3.63, 3.8) is 0 Å². The Kier molecular flexibility index (Phi) is 6.57. The Morgan fingerprint density at radius 2 is 1.88 bits per heavy atom. The zero-order valence-electron chi connectivity index (χ0n) is 18.4. The van der Waals surface area contributed by atoms with E-state index in [0.29, 0.717) is 25.5 Å². The van der Waals surface area contributed by atoms with Crippen LogP contribution in [0.5, 0.6) is 5.75 Å². The van der Waals surface area contributed by atoms with Crippen LogP contribution in [0.3, 0.4) is 0 Å². The Balaban J connectivity index is 1.64. The number of ether oxygens (including phenoxy) is 2. The first-order valence-electron chi connectivity index (χ1n) is 10.7. The SMILES string of the molecule is CCOC(=O)Cc1ccccc1OCc1cc(-c2cc(C)cc(CN)c2)c2occc2c1. The summed E-state index contributed by atoms with van der Waals surface area (Å²) in [5, 5.41) is 1.01. The smallest absolute Gasteiger partial charge is 0.310 e. The molecule has 3 aromatic carbocycles. The quantitative estimate of drug-likeness (QED) is 0.372. The van der Waals surface area contributed by atoms with Gasteiger partial charge in [0.25, 0.3) is 0 Å². The minimum atomic E-state index is -0.263. The van der Waals surface area contributed by atoms with Gasteiger partial charge in [0.05, 0.1) is 19.3 Å². The molecule has 1 aromatic heterocycles. The average Bonchev–Trinajstić information content (AvgIpc) is 3.26. The van der Waals surface area contributed by atoms with Crippen molar-refractivity contribution in [3.05, 3.63) is 89.2 Å². The van der Waals surface area contributed by atoms with Crippen LogP contribution in [0.4, 0.5) is 0 Å². The van der Waals surface area contributed by atoms with E-state index in [1.807, 2.05) is 30.3 Å². The van der Waals surface area contributed by atoms with Gasteiger partial charge in [-0.05, 0) is 60.9 Å². The summed E-state index contributed by atoms with van der Waals surface area (Å²) in [4.78, 5) is 11.9. The van der Waals surface area contributed by atoms with E-state index in [1.54, 1.807) is 13.2 Å². The number of carbonyl (C=O) groups is 1. The van der Waals surface area contributed by atoms with Crippen LogP contribution in [0, 0.1) is 6.92 Å². The fraction of sp³-hybridized carbons (Fsp3) is 0.222. The summed E-state index contributed by atoms with van der Waals surface area (Å²) < 4.78 is 17.0. The first-order chi connectivity index (χ1) is 15.6. The van der Waals surface area contributed by atoms with Gasteiger partial charge < -0.3 is 19.6 Å². The van der Waals surface area contributed by atoms with Gasteiger partial charge in [0, 0.05) is 23.1 Å². The van der Waals surface area contributed by atoms with Gasteiger partial charge in [-0.1, -0.05) is 35.9 Å². The predicted molar refractivity (Wildman–Crippen MR) is 125 cm³/mol. The average molecular weight is 430 g/mol. The molecule has 0 spiro atoms. The number of fused-ring (bicyclic) bond motifs is 1. The molecule has 0 saturated carbocycles. The van der Waals surface area contributed by atoms with Crippen molar-refractivity contribution in [2.75, 3.05) is 6.61 Å². The van der Waals surface area contributed by atoms with Gasteiger partial charge in [0.2, 0.25) is 0 Å². The molecule has 0 unspecified atom stereocenters. The Morgan fingerprint density at radius 1 is 1.03 bits per heavy atom. The van der Waals surface area contributed by atoms with E-state index < -0.39 is 0 Å². The van der Waals surface area contributed by atoms with Crippen LogP contribution >= 0.6 is 0 Å². The van der Waals surface area contributed by atoms with Crippen molar-refractivity contribution >= 4 is 16.9 Å². The van der Waals surface area contributed by atoms with Crippen LogP contribution in [0.1, 0.15) is 29.2 Å². The summed E-state index contributed by atoms with van der Waals surface area (Å²) in [6, 6.07) is 20.0. The molecule has 4 rings (SSSR count). The Labute approximate surface area is 187 Å². The second kappa shape index (κ2) is 9.71. The predicted octanol–water partition coefficient (Wildman–Crippen LogP) is 5.55. The molecule has 0 aliphatic heterocycles. The molecule has 0 amide bonds. The third kappa shape index (κ3) is 4.84. The topological polar surface area (TPSA) is 74.7 Å². The fourth-order valence-electron chi connectivity index (χ4n) is 3.90. The highest BCUT2D eigenvalue weighted by molar-refractivity contribution is 5.93. The third-order valence-corrected chi connectivity index (χ3v) is 5.30. The van der Waals surface area contributed by atoms with Gasteiger partial charge in [-0.3, -0.25) is 4.79 Å². The van der Waals surface area contributed by atoms with Gasteiger partial charge in [0.15, 0.2) is 0 Å². The number of nitrogens with two attached hydrogens (primary N) is 1. The van der Waals surface area contributed by atoms with E-state index in [2.05, 4.69) is 37.3 Å². The van der Waals surface area contributed by atoms with Gasteiger partial charge in [-0.2, -0.15) is 0 Å². The third-order valence-electron chi connectivity index (χ3n) is 5.30. The minimum absolute atomic E-state index is 0.182. The number of esters is 1. The highest BCUT2D eigenvalue weighted by Gasteiger charge is 2.13. The molecule has 0 fully saturated rings. The number of carbonyl (C=O) groups excluding carboxylic acids is 1. The molecule has 0 atom stereocenters. The van der Waals surface area contributed by atoms with E-state index in [1.165, 1.54) is 0 Å². The molecular formula is C27H27NO4. The van der Waals surface area contributed by atoms with Crippen LogP contribution < -0.4 is 10.5 Å². The Bertz CT molecular complexity index is 1240. The summed E-state index contributed by atoms with van der Waals surface area (Å²) in [6.45, 7) is 5.07. The maximum Gasteiger partial charge on any atom is 0.310 e. The number of aryl methyl sites for hydroxylation is 1. The molecule has 1 heterocycles. The van der Waals surface area contributed by atoms with Gasteiger partial charge in [0.1, 0.15) is 17.9 Å². The first kappa shape index (κ1) is 21.7. The number of benzene rings is 3. The van der Waals surface area contributed by atoms with Crippen LogP contribution in [0.2, 0.25) is 0 Å². The second-order valence-corrected chi connectivity index (χ2v) is 7.77. The lowest BCUT2D eigenvalue weighted by Crippen LogP contribution is -2.09. The van der Waals surface area contributed by atoms with Crippen LogP contribution in [-0.2, 0) is 29.1 Å². The Morgan fingerprint density at radius 3 is 2.69 bits per heavy atom. The van der Waals surface area contributed by atoms with Crippen LogP contribution in [0.15, 0.2) is 71.3 Å². The fourth-order valence-corrected chi connectivity index (χ4v) is 3.90. The molecule has 5 nitrogen and oxygen atoms in total. The molecule has 32 heavy (non-hydrogen) atoms. The van der Waals surface area contributed by atoms with Crippen LogP contribution in [0.25, 0.3) is 22.1 Å². The summed E-state index contributed by atoms with van der Waals surface area (Å²) in [7, 11) is 0. The molecule has 0 bridgehead atoms. The molecule has 0 saturated heterocycles. The second-order valence-electron chi connectivity index (χ2n) is 7.77. The van der Waals surface area contributed by atoms with Gasteiger partial charge in [-0.15, -0.1) is 0 Å². The molecule has 0 aliphatic rings. The molecule has 4 aromatic rings. The van der Waals surface area contributed by atoms with E-state index in [0.717, 1.165) is 44.3 Å². The lowest BCUT2D eigenvalue weighted by atomic mass is 9.97. The normalized spacial score (nSPS) is 11.0. The van der Waals surface area contributed by atoms with Crippen molar-refractivity contribution in [2.24, 2.45) is 5.73 Å². The first-order valence-corrected chi connectivity index (χ1v) is 10.7. The molecule has 0 radical (unpaired) electrons. The monoisotopic (exact) mass is 429 g/mol. The van der Waals surface area contributed by atoms with Crippen molar-refractivity contribution in [1.29, 1.82) is 0 Å². The van der Waals surface area contributed by atoms with Crippen LogP contribution in [-0.4, -0.2) is 12.6 Å². The van der Waals surface area contributed by atoms with Crippen molar-refractivity contribution in [1.82, 2.24) is 0 Å². The van der Waals surface area contributed by atoms with E-state index in [4.69, 9.17) is 19.6 Å². The van der Waals surface area contributed by atoms with E-state index in [-0.39, 0.29) is 12.4 Å². The summed E-state index contributed by atoms with van der Waals surface area (Å²) >= 11 is 0. The lowest BCUT2D eigenvalue weighted by Gasteiger charge is -2.13. The van der Waals surface area contributed by atoms with Crippen molar-refractivity contribution < 1.29 is 18.7 Å². The number of para-hydroxylation sites is 1. The Hall–Kier alpha value is -3.57. The maximum atomic E-state index is 11.9. The van der Waals surface area contributed by atoms with Crippen molar-refractivity contribution in [2.45, 2.75) is 33.4 Å². The molecule has 2 N–H and O–H groups in total. The van der Waals surface area contributed by atoms with Crippen molar-refractivity contribution in [3.8, 4) is 16.9 Å². The number of hydrogen-bond donors (Lipinski definition) is 1. The zero-order chi connectivity index (χ0) is 22.5. The van der Waals surface area contributed by atoms with Gasteiger partial charge >= 0.3 is 5.97 Å². The molecule has 0 aliphatic carbocycles. The number of hydrogen-bond acceptors (Lipinski definition) is 5. The van der Waals surface area contributed by atoms with E-state index in [9.17, 15) is 4.79 Å². The highest BCUT2D eigenvalue weighted by atomic mass is 16.5. The summed E-state index contributed by atoms with van der Waals surface area (Å²) in [5.74, 6) is 0.413. The van der Waals surface area contributed by atoms with E-state index >= 15 is 0 Å². The largest absolute Gasteiger partial charge is 0.489 e. The summed E-state index contributed by atoms with van der Waals surface area (Å²) in [5.41, 5.74) is 12.8. The minimum Gasteiger partial charge on any atom is -0.489 e. The summed E-state index contributed by atoms with van der Waals surface area (Å²) in [6.07, 6.45) is 1.88. The maximum absolute atomic E-state index is 11.9. The molecule has 164 valence electrons. The lowest BCUT2D eigenvalue weighted by molar-refractivity contribution is -0.142. The molecular weight excluding hydrogens is 402 g/mol. The highest BCUT2D eigenvalue weighted by Crippen LogP contribution is 2.33. The standard InChI is InChI=1S/C27H27NO4/c1-3-30-26(29)15-21-6-4-5-7-25(21)32-17-20-13-22-8-9-31-27(22)24(14-20)23-11-18(2)10-19(12-23)16-28/h4-14H,3,15-17,28H2,1-2H3. The number of rotatable bonds is 8. The van der Waals surface area contributed by atoms with Gasteiger partial charge in [-0.25, -0.2) is 0 Å².